The van der Waals surface area contributed by atoms with E-state index in [1.54, 1.807) is 0 Å². The molecule has 0 amide bonds. The van der Waals surface area contributed by atoms with E-state index in [2.05, 4.69) is 10.0 Å². The average Bonchev–Trinajstić information content (AvgIpc) is 3.02. The second-order valence-electron chi connectivity index (χ2n) is 5.48. The van der Waals surface area contributed by atoms with Crippen molar-refractivity contribution in [3.8, 4) is 5.75 Å². The smallest absolute Gasteiger partial charge is 0.244 e. The van der Waals surface area contributed by atoms with Gasteiger partial charge in [0.1, 0.15) is 23.1 Å². The van der Waals surface area contributed by atoms with Crippen molar-refractivity contribution in [2.75, 3.05) is 40.0 Å². The van der Waals surface area contributed by atoms with E-state index in [1.165, 1.54) is 19.2 Å². The van der Waals surface area contributed by atoms with Crippen molar-refractivity contribution < 1.29 is 22.3 Å². The van der Waals surface area contributed by atoms with Crippen LogP contribution >= 0.6 is 0 Å². The second kappa shape index (κ2) is 8.58. The van der Waals surface area contributed by atoms with Crippen LogP contribution in [0.2, 0.25) is 0 Å². The molecule has 23 heavy (non-hydrogen) atoms. The van der Waals surface area contributed by atoms with Gasteiger partial charge in [-0.05, 0) is 50.0 Å². The number of hydrogen-bond acceptors (Lipinski definition) is 5. The van der Waals surface area contributed by atoms with Gasteiger partial charge in [0.2, 0.25) is 10.0 Å². The van der Waals surface area contributed by atoms with Crippen molar-refractivity contribution in [2.45, 2.75) is 17.7 Å². The maximum Gasteiger partial charge on any atom is 0.244 e. The molecule has 0 bridgehead atoms. The normalized spacial score (nSPS) is 18.3. The van der Waals surface area contributed by atoms with Crippen LogP contribution < -0.4 is 14.8 Å². The van der Waals surface area contributed by atoms with Gasteiger partial charge < -0.3 is 14.8 Å². The Labute approximate surface area is 136 Å². The van der Waals surface area contributed by atoms with Crippen molar-refractivity contribution in [3.63, 3.8) is 0 Å². The molecule has 0 aliphatic carbocycles. The number of nitrogens with one attached hydrogen (secondary N) is 2. The molecule has 0 aromatic heterocycles. The molecule has 130 valence electrons. The molecular formula is C15H23FN2O4S. The minimum Gasteiger partial charge on any atom is -0.490 e. The van der Waals surface area contributed by atoms with Crippen LogP contribution in [0.5, 0.6) is 5.75 Å². The number of sulfonamides is 1. The van der Waals surface area contributed by atoms with Crippen molar-refractivity contribution in [1.29, 1.82) is 0 Å². The molecule has 1 aliphatic rings. The quantitative estimate of drug-likeness (QED) is 0.656. The van der Waals surface area contributed by atoms with E-state index < -0.39 is 15.8 Å². The summed E-state index contributed by atoms with van der Waals surface area (Å²) in [6.07, 6.45) is 1.80. The molecule has 2 N–H and O–H groups in total. The van der Waals surface area contributed by atoms with Gasteiger partial charge >= 0.3 is 0 Å². The Balaban J connectivity index is 2.02. The van der Waals surface area contributed by atoms with Gasteiger partial charge in [-0.25, -0.2) is 17.5 Å². The first-order valence-corrected chi connectivity index (χ1v) is 9.13. The fourth-order valence-electron chi connectivity index (χ4n) is 2.48. The summed E-state index contributed by atoms with van der Waals surface area (Å²) < 4.78 is 51.0. The van der Waals surface area contributed by atoms with E-state index >= 15 is 0 Å². The van der Waals surface area contributed by atoms with E-state index in [0.29, 0.717) is 19.1 Å². The minimum atomic E-state index is -3.82. The lowest BCUT2D eigenvalue weighted by molar-refractivity contribution is 0.144. The number of benzene rings is 1. The fraction of sp³-hybridized carbons (Fsp3) is 0.600. The van der Waals surface area contributed by atoms with E-state index in [-0.39, 0.29) is 17.3 Å². The Hall–Kier alpha value is -1.22. The second-order valence-corrected chi connectivity index (χ2v) is 7.21. The van der Waals surface area contributed by atoms with Gasteiger partial charge in [0.15, 0.2) is 0 Å². The molecule has 0 saturated carbocycles. The van der Waals surface area contributed by atoms with Crippen LogP contribution in [0.25, 0.3) is 0 Å². The summed E-state index contributed by atoms with van der Waals surface area (Å²) >= 11 is 0. The Morgan fingerprint density at radius 2 is 2.22 bits per heavy atom. The van der Waals surface area contributed by atoms with Crippen LogP contribution in [0.3, 0.4) is 0 Å². The summed E-state index contributed by atoms with van der Waals surface area (Å²) in [5, 5.41) is 3.24. The topological polar surface area (TPSA) is 76.7 Å². The van der Waals surface area contributed by atoms with Crippen molar-refractivity contribution in [2.24, 2.45) is 5.92 Å². The molecular weight excluding hydrogens is 323 g/mol. The largest absolute Gasteiger partial charge is 0.490 e. The summed E-state index contributed by atoms with van der Waals surface area (Å²) in [5.74, 6) is -0.0226. The van der Waals surface area contributed by atoms with Crippen LogP contribution in [0.4, 0.5) is 4.39 Å². The molecule has 0 radical (unpaired) electrons. The van der Waals surface area contributed by atoms with Crippen LogP contribution in [-0.2, 0) is 14.8 Å². The van der Waals surface area contributed by atoms with Gasteiger partial charge in [0.05, 0.1) is 6.61 Å². The van der Waals surface area contributed by atoms with Crippen molar-refractivity contribution >= 4 is 10.0 Å². The molecule has 2 rings (SSSR count). The van der Waals surface area contributed by atoms with E-state index in [1.807, 2.05) is 0 Å². The molecule has 1 aliphatic heterocycles. The molecule has 1 heterocycles. The monoisotopic (exact) mass is 346 g/mol. The van der Waals surface area contributed by atoms with Gasteiger partial charge in [-0.3, -0.25) is 0 Å². The van der Waals surface area contributed by atoms with E-state index in [0.717, 1.165) is 32.0 Å². The highest BCUT2D eigenvalue weighted by Gasteiger charge is 2.22. The van der Waals surface area contributed by atoms with Crippen molar-refractivity contribution in [1.82, 2.24) is 10.0 Å². The minimum absolute atomic E-state index is 0.124. The number of rotatable bonds is 9. The Morgan fingerprint density at radius 1 is 1.39 bits per heavy atom. The number of hydrogen-bond donors (Lipinski definition) is 2. The Bertz CT molecular complexity index is 603. The van der Waals surface area contributed by atoms with Gasteiger partial charge in [0.25, 0.3) is 0 Å². The summed E-state index contributed by atoms with van der Waals surface area (Å²) in [7, 11) is -2.30. The predicted octanol–water partition coefficient (Wildman–Crippen LogP) is 1.13. The van der Waals surface area contributed by atoms with Gasteiger partial charge in [-0.15, -0.1) is 0 Å². The molecule has 1 atom stereocenters. The van der Waals surface area contributed by atoms with Crippen LogP contribution in [0.1, 0.15) is 12.8 Å². The SMILES string of the molecule is COCCOc1ccc(F)cc1S(=O)(=O)NCCC1CCNC1. The van der Waals surface area contributed by atoms with Gasteiger partial charge in [0, 0.05) is 13.7 Å². The van der Waals surface area contributed by atoms with E-state index in [4.69, 9.17) is 9.47 Å². The number of halogens is 1. The summed E-state index contributed by atoms with van der Waals surface area (Å²) in [6.45, 7) is 2.71. The maximum atomic E-state index is 13.5. The summed E-state index contributed by atoms with van der Waals surface area (Å²) in [4.78, 5) is -0.182. The third-order valence-corrected chi connectivity index (χ3v) is 5.23. The Kier molecular flexibility index (Phi) is 6.76. The third kappa shape index (κ3) is 5.42. The highest BCUT2D eigenvalue weighted by atomic mass is 32.2. The zero-order chi connectivity index (χ0) is 16.7. The van der Waals surface area contributed by atoms with E-state index in [9.17, 15) is 12.8 Å². The zero-order valence-electron chi connectivity index (χ0n) is 13.2. The first-order valence-electron chi connectivity index (χ1n) is 7.64. The molecule has 1 saturated heterocycles. The molecule has 6 nitrogen and oxygen atoms in total. The maximum absolute atomic E-state index is 13.5. The number of ether oxygens (including phenoxy) is 2. The lowest BCUT2D eigenvalue weighted by Crippen LogP contribution is -2.27. The van der Waals surface area contributed by atoms with Crippen molar-refractivity contribution in [3.05, 3.63) is 24.0 Å². The average molecular weight is 346 g/mol. The lowest BCUT2D eigenvalue weighted by Gasteiger charge is -2.14. The highest BCUT2D eigenvalue weighted by molar-refractivity contribution is 7.89. The zero-order valence-corrected chi connectivity index (χ0v) is 14.0. The number of methoxy groups -OCH3 is 1. The molecule has 8 heteroatoms. The standard InChI is InChI=1S/C15H23FN2O4S/c1-21-8-9-22-14-3-2-13(16)10-15(14)23(19,20)18-7-5-12-4-6-17-11-12/h2-3,10,12,17-18H,4-9,11H2,1H3. The van der Waals surface area contributed by atoms with Crippen LogP contribution in [-0.4, -0.2) is 48.4 Å². The first-order chi connectivity index (χ1) is 11.0. The fourth-order valence-corrected chi connectivity index (χ4v) is 3.68. The molecule has 1 aromatic rings. The van der Waals surface area contributed by atoms with Crippen LogP contribution in [0.15, 0.2) is 23.1 Å². The molecule has 1 fully saturated rings. The Morgan fingerprint density at radius 3 is 2.91 bits per heavy atom. The van der Waals surface area contributed by atoms with Crippen LogP contribution in [0, 0.1) is 11.7 Å². The predicted molar refractivity (Wildman–Crippen MR) is 84.6 cm³/mol. The van der Waals surface area contributed by atoms with Gasteiger partial charge in [-0.2, -0.15) is 0 Å². The highest BCUT2D eigenvalue weighted by Crippen LogP contribution is 2.25. The third-order valence-electron chi connectivity index (χ3n) is 3.75. The van der Waals surface area contributed by atoms with Gasteiger partial charge in [-0.1, -0.05) is 0 Å². The molecule has 1 aromatic carbocycles. The lowest BCUT2D eigenvalue weighted by atomic mass is 10.1. The molecule has 0 spiro atoms. The summed E-state index contributed by atoms with van der Waals surface area (Å²) in [6, 6.07) is 3.47. The molecule has 1 unspecified atom stereocenters. The first kappa shape index (κ1) is 18.1. The summed E-state index contributed by atoms with van der Waals surface area (Å²) in [5.41, 5.74) is 0.